The molecule has 0 heterocycles. The maximum absolute atomic E-state index is 13.0. The van der Waals surface area contributed by atoms with E-state index in [9.17, 15) is 14.0 Å². The number of hydrogen-bond donors (Lipinski definition) is 1. The first kappa shape index (κ1) is 16.1. The van der Waals surface area contributed by atoms with Gasteiger partial charge >= 0.3 is 5.97 Å². The molecule has 0 saturated heterocycles. The van der Waals surface area contributed by atoms with Crippen molar-refractivity contribution in [2.45, 2.75) is 39.2 Å². The Hall–Kier alpha value is -1.91. The predicted octanol–water partition coefficient (Wildman–Crippen LogP) is 2.60. The van der Waals surface area contributed by atoms with E-state index in [1.807, 2.05) is 6.92 Å². The highest BCUT2D eigenvalue weighted by atomic mass is 19.1. The third-order valence-corrected chi connectivity index (χ3v) is 3.21. The molecule has 20 heavy (non-hydrogen) atoms. The van der Waals surface area contributed by atoms with Crippen LogP contribution in [-0.4, -0.2) is 24.5 Å². The Balaban J connectivity index is 2.99. The van der Waals surface area contributed by atoms with E-state index < -0.39 is 23.2 Å². The van der Waals surface area contributed by atoms with E-state index in [1.165, 1.54) is 25.3 Å². The number of methoxy groups -OCH3 is 1. The summed E-state index contributed by atoms with van der Waals surface area (Å²) in [5, 5.41) is 2.69. The Morgan fingerprint density at radius 1 is 1.40 bits per heavy atom. The SMILES string of the molecule is CCCC(C)(NC(=O)c1ccc(F)cc1C)C(=O)OC. The Bertz CT molecular complexity index is 516. The minimum Gasteiger partial charge on any atom is -0.467 e. The Kier molecular flexibility index (Phi) is 5.25. The lowest BCUT2D eigenvalue weighted by Crippen LogP contribution is -2.52. The first-order valence-electron chi connectivity index (χ1n) is 6.51. The third kappa shape index (κ3) is 3.56. The van der Waals surface area contributed by atoms with Gasteiger partial charge in [-0.25, -0.2) is 9.18 Å². The molecule has 0 radical (unpaired) electrons. The fourth-order valence-electron chi connectivity index (χ4n) is 2.14. The number of benzene rings is 1. The topological polar surface area (TPSA) is 55.4 Å². The van der Waals surface area contributed by atoms with Crippen molar-refractivity contribution in [2.24, 2.45) is 0 Å². The van der Waals surface area contributed by atoms with Crippen molar-refractivity contribution in [3.63, 3.8) is 0 Å². The predicted molar refractivity (Wildman–Crippen MR) is 73.9 cm³/mol. The lowest BCUT2D eigenvalue weighted by molar-refractivity contribution is -0.147. The van der Waals surface area contributed by atoms with Crippen LogP contribution < -0.4 is 5.32 Å². The van der Waals surface area contributed by atoms with Gasteiger partial charge in [0, 0.05) is 5.56 Å². The monoisotopic (exact) mass is 281 g/mol. The molecule has 0 aliphatic rings. The lowest BCUT2D eigenvalue weighted by atomic mass is 9.95. The van der Waals surface area contributed by atoms with Crippen molar-refractivity contribution < 1.29 is 18.7 Å². The summed E-state index contributed by atoms with van der Waals surface area (Å²) in [6.45, 7) is 5.18. The van der Waals surface area contributed by atoms with Gasteiger partial charge in [0.2, 0.25) is 0 Å². The molecule has 0 aromatic heterocycles. The van der Waals surface area contributed by atoms with Gasteiger partial charge in [-0.2, -0.15) is 0 Å². The smallest absolute Gasteiger partial charge is 0.331 e. The van der Waals surface area contributed by atoms with E-state index >= 15 is 0 Å². The lowest BCUT2D eigenvalue weighted by Gasteiger charge is -2.27. The second kappa shape index (κ2) is 6.50. The highest BCUT2D eigenvalue weighted by molar-refractivity contribution is 5.99. The number of hydrogen-bond acceptors (Lipinski definition) is 3. The van der Waals surface area contributed by atoms with Crippen LogP contribution in [0.3, 0.4) is 0 Å². The summed E-state index contributed by atoms with van der Waals surface area (Å²) in [6, 6.07) is 3.91. The summed E-state index contributed by atoms with van der Waals surface area (Å²) < 4.78 is 17.8. The van der Waals surface area contributed by atoms with Crippen LogP contribution in [0, 0.1) is 12.7 Å². The van der Waals surface area contributed by atoms with Crippen LogP contribution in [0.15, 0.2) is 18.2 Å². The molecule has 1 atom stereocenters. The second-order valence-electron chi connectivity index (χ2n) is 4.99. The van der Waals surface area contributed by atoms with Gasteiger partial charge in [-0.05, 0) is 44.0 Å². The molecular formula is C15H20FNO3. The molecule has 0 fully saturated rings. The van der Waals surface area contributed by atoms with Crippen molar-refractivity contribution >= 4 is 11.9 Å². The van der Waals surface area contributed by atoms with E-state index in [4.69, 9.17) is 4.74 Å². The van der Waals surface area contributed by atoms with Gasteiger partial charge in [0.1, 0.15) is 11.4 Å². The second-order valence-corrected chi connectivity index (χ2v) is 4.99. The minimum atomic E-state index is -1.08. The zero-order valence-corrected chi connectivity index (χ0v) is 12.2. The number of halogens is 1. The number of carbonyl (C=O) groups is 2. The third-order valence-electron chi connectivity index (χ3n) is 3.21. The van der Waals surface area contributed by atoms with Gasteiger partial charge in [0.15, 0.2) is 0 Å². The van der Waals surface area contributed by atoms with E-state index in [0.29, 0.717) is 24.0 Å². The highest BCUT2D eigenvalue weighted by Gasteiger charge is 2.35. The first-order valence-corrected chi connectivity index (χ1v) is 6.51. The summed E-state index contributed by atoms with van der Waals surface area (Å²) >= 11 is 0. The number of aryl methyl sites for hydroxylation is 1. The molecule has 1 unspecified atom stereocenters. The molecule has 1 aromatic rings. The Morgan fingerprint density at radius 3 is 2.55 bits per heavy atom. The van der Waals surface area contributed by atoms with E-state index in [2.05, 4.69) is 5.32 Å². The molecule has 0 spiro atoms. The van der Waals surface area contributed by atoms with Crippen LogP contribution in [-0.2, 0) is 9.53 Å². The molecule has 1 N–H and O–H groups in total. The maximum Gasteiger partial charge on any atom is 0.331 e. The summed E-state index contributed by atoms with van der Waals surface area (Å²) in [5.41, 5.74) is -0.217. The van der Waals surface area contributed by atoms with Crippen LogP contribution in [0.1, 0.15) is 42.6 Å². The first-order chi connectivity index (χ1) is 9.34. The van der Waals surface area contributed by atoms with Crippen LogP contribution in [0.5, 0.6) is 0 Å². The maximum atomic E-state index is 13.0. The van der Waals surface area contributed by atoms with Gasteiger partial charge in [-0.1, -0.05) is 13.3 Å². The molecule has 0 aliphatic heterocycles. The van der Waals surface area contributed by atoms with Gasteiger partial charge < -0.3 is 10.1 Å². The quantitative estimate of drug-likeness (QED) is 0.844. The minimum absolute atomic E-state index is 0.345. The van der Waals surface area contributed by atoms with E-state index in [1.54, 1.807) is 13.8 Å². The van der Waals surface area contributed by atoms with E-state index in [0.717, 1.165) is 0 Å². The zero-order valence-electron chi connectivity index (χ0n) is 12.2. The van der Waals surface area contributed by atoms with Gasteiger partial charge in [-0.3, -0.25) is 4.79 Å². The fraction of sp³-hybridized carbons (Fsp3) is 0.467. The molecule has 4 nitrogen and oxygen atoms in total. The van der Waals surface area contributed by atoms with Gasteiger partial charge in [-0.15, -0.1) is 0 Å². The van der Waals surface area contributed by atoms with Crippen molar-refractivity contribution in [2.75, 3.05) is 7.11 Å². The molecule has 1 amide bonds. The van der Waals surface area contributed by atoms with E-state index in [-0.39, 0.29) is 0 Å². The largest absolute Gasteiger partial charge is 0.467 e. The molecule has 0 saturated carbocycles. The average molecular weight is 281 g/mol. The number of ether oxygens (including phenoxy) is 1. The van der Waals surface area contributed by atoms with Crippen LogP contribution in [0.25, 0.3) is 0 Å². The number of nitrogens with one attached hydrogen (secondary N) is 1. The van der Waals surface area contributed by atoms with Crippen molar-refractivity contribution in [1.82, 2.24) is 5.32 Å². The van der Waals surface area contributed by atoms with Crippen LogP contribution in [0.2, 0.25) is 0 Å². The van der Waals surface area contributed by atoms with Crippen LogP contribution >= 0.6 is 0 Å². The average Bonchev–Trinajstić information content (AvgIpc) is 2.37. The number of rotatable bonds is 5. The van der Waals surface area contributed by atoms with Crippen molar-refractivity contribution in [1.29, 1.82) is 0 Å². The fourth-order valence-corrected chi connectivity index (χ4v) is 2.14. The molecule has 1 rings (SSSR count). The van der Waals surface area contributed by atoms with Gasteiger partial charge in [0.25, 0.3) is 5.91 Å². The van der Waals surface area contributed by atoms with Gasteiger partial charge in [0.05, 0.1) is 7.11 Å². The molecule has 1 aromatic carbocycles. The van der Waals surface area contributed by atoms with Crippen molar-refractivity contribution in [3.05, 3.63) is 35.1 Å². The standard InChI is InChI=1S/C15H20FNO3/c1-5-8-15(3,14(19)20-4)17-13(18)12-7-6-11(16)9-10(12)2/h6-7,9H,5,8H2,1-4H3,(H,17,18). The summed E-state index contributed by atoms with van der Waals surface area (Å²) in [5.74, 6) is -1.31. The molecule has 5 heteroatoms. The summed E-state index contributed by atoms with van der Waals surface area (Å²) in [7, 11) is 1.28. The highest BCUT2D eigenvalue weighted by Crippen LogP contribution is 2.17. The number of esters is 1. The Labute approximate surface area is 118 Å². The Morgan fingerprint density at radius 2 is 2.05 bits per heavy atom. The summed E-state index contributed by atoms with van der Waals surface area (Å²) in [4.78, 5) is 24.1. The molecule has 110 valence electrons. The summed E-state index contributed by atoms with van der Waals surface area (Å²) in [6.07, 6.45) is 1.18. The number of carbonyl (C=O) groups excluding carboxylic acids is 2. The normalized spacial score (nSPS) is 13.4. The molecular weight excluding hydrogens is 261 g/mol. The molecule has 0 aliphatic carbocycles. The zero-order chi connectivity index (χ0) is 15.3. The molecule has 0 bridgehead atoms. The van der Waals surface area contributed by atoms with Crippen LogP contribution in [0.4, 0.5) is 4.39 Å². The van der Waals surface area contributed by atoms with Crippen molar-refractivity contribution in [3.8, 4) is 0 Å². The number of amides is 1.